The molecule has 7 nitrogen and oxygen atoms in total. The molecule has 0 bridgehead atoms. The Morgan fingerprint density at radius 1 is 1.21 bits per heavy atom. The second-order valence-corrected chi connectivity index (χ2v) is 6.92. The van der Waals surface area contributed by atoms with Gasteiger partial charge in [-0.25, -0.2) is 9.78 Å². The predicted octanol–water partition coefficient (Wildman–Crippen LogP) is 3.79. The van der Waals surface area contributed by atoms with Crippen molar-refractivity contribution in [2.75, 3.05) is 25.1 Å². The van der Waals surface area contributed by atoms with E-state index in [0.29, 0.717) is 18.9 Å². The van der Waals surface area contributed by atoms with Crippen LogP contribution in [0.5, 0.6) is 5.75 Å². The van der Waals surface area contributed by atoms with Gasteiger partial charge in [-0.15, -0.1) is 0 Å². The zero-order valence-electron chi connectivity index (χ0n) is 16.2. The molecule has 0 spiro atoms. The SMILES string of the molecule is COc1cccc(C(C)N2CCN(c3cc(C)c(-c4cn[nH]c4)cn3)C2=O)c1. The van der Waals surface area contributed by atoms with Crippen LogP contribution in [-0.4, -0.2) is 46.3 Å². The number of aryl methyl sites for hydroxylation is 1. The number of hydrogen-bond acceptors (Lipinski definition) is 4. The highest BCUT2D eigenvalue weighted by molar-refractivity contribution is 5.93. The first-order chi connectivity index (χ1) is 13.6. The maximum Gasteiger partial charge on any atom is 0.326 e. The number of ether oxygens (including phenoxy) is 1. The number of rotatable bonds is 5. The number of benzene rings is 1. The molecule has 7 heteroatoms. The fourth-order valence-corrected chi connectivity index (χ4v) is 3.60. The molecule has 1 saturated heterocycles. The van der Waals surface area contributed by atoms with Crippen molar-refractivity contribution in [2.45, 2.75) is 19.9 Å². The summed E-state index contributed by atoms with van der Waals surface area (Å²) in [6.07, 6.45) is 5.40. The van der Waals surface area contributed by atoms with Gasteiger partial charge in [0.2, 0.25) is 0 Å². The van der Waals surface area contributed by atoms with Crippen LogP contribution in [0.2, 0.25) is 0 Å². The summed E-state index contributed by atoms with van der Waals surface area (Å²) < 4.78 is 5.31. The van der Waals surface area contributed by atoms with E-state index in [9.17, 15) is 4.79 Å². The van der Waals surface area contributed by atoms with E-state index >= 15 is 0 Å². The van der Waals surface area contributed by atoms with Crippen molar-refractivity contribution >= 4 is 11.8 Å². The quantitative estimate of drug-likeness (QED) is 0.734. The second-order valence-electron chi connectivity index (χ2n) is 6.92. The Hall–Kier alpha value is -3.35. The molecular formula is C21H23N5O2. The van der Waals surface area contributed by atoms with E-state index in [1.807, 2.05) is 55.3 Å². The molecule has 4 rings (SSSR count). The van der Waals surface area contributed by atoms with E-state index in [-0.39, 0.29) is 12.1 Å². The molecule has 0 radical (unpaired) electrons. The summed E-state index contributed by atoms with van der Waals surface area (Å²) in [4.78, 5) is 21.2. The highest BCUT2D eigenvalue weighted by Crippen LogP contribution is 2.30. The Kier molecular flexibility index (Phi) is 4.73. The summed E-state index contributed by atoms with van der Waals surface area (Å²) in [6, 6.07) is 9.73. The van der Waals surface area contributed by atoms with Crippen LogP contribution < -0.4 is 9.64 Å². The number of nitrogens with zero attached hydrogens (tertiary/aromatic N) is 4. The van der Waals surface area contributed by atoms with E-state index in [4.69, 9.17) is 4.74 Å². The first-order valence-corrected chi connectivity index (χ1v) is 9.26. The van der Waals surface area contributed by atoms with Gasteiger partial charge >= 0.3 is 6.03 Å². The number of anilines is 1. The Labute approximate surface area is 164 Å². The minimum absolute atomic E-state index is 0.0294. The highest BCUT2D eigenvalue weighted by Gasteiger charge is 2.34. The minimum atomic E-state index is -0.0427. The maximum atomic E-state index is 13.1. The molecule has 28 heavy (non-hydrogen) atoms. The highest BCUT2D eigenvalue weighted by atomic mass is 16.5. The zero-order chi connectivity index (χ0) is 19.7. The van der Waals surface area contributed by atoms with Gasteiger partial charge in [-0.05, 0) is 43.2 Å². The molecule has 1 aliphatic rings. The maximum absolute atomic E-state index is 13.1. The number of carbonyl (C=O) groups is 1. The Morgan fingerprint density at radius 3 is 2.79 bits per heavy atom. The molecule has 1 atom stereocenters. The number of aromatic amines is 1. The largest absolute Gasteiger partial charge is 0.497 e. The fourth-order valence-electron chi connectivity index (χ4n) is 3.60. The van der Waals surface area contributed by atoms with Crippen molar-refractivity contribution in [3.63, 3.8) is 0 Å². The zero-order valence-corrected chi connectivity index (χ0v) is 16.2. The molecular weight excluding hydrogens is 354 g/mol. The molecule has 1 N–H and O–H groups in total. The number of nitrogens with one attached hydrogen (secondary N) is 1. The van der Waals surface area contributed by atoms with E-state index in [2.05, 4.69) is 15.2 Å². The number of methoxy groups -OCH3 is 1. The third-order valence-corrected chi connectivity index (χ3v) is 5.27. The van der Waals surface area contributed by atoms with Crippen LogP contribution in [-0.2, 0) is 0 Å². The van der Waals surface area contributed by atoms with Gasteiger partial charge in [-0.1, -0.05) is 12.1 Å². The molecule has 144 valence electrons. The number of carbonyl (C=O) groups excluding carboxylic acids is 1. The minimum Gasteiger partial charge on any atom is -0.497 e. The van der Waals surface area contributed by atoms with Crippen molar-refractivity contribution in [3.8, 4) is 16.9 Å². The first kappa shape index (κ1) is 18.0. The monoisotopic (exact) mass is 377 g/mol. The van der Waals surface area contributed by atoms with Gasteiger partial charge in [0.1, 0.15) is 11.6 Å². The number of urea groups is 1. The van der Waals surface area contributed by atoms with Gasteiger partial charge in [0.05, 0.1) is 19.3 Å². The van der Waals surface area contributed by atoms with Gasteiger partial charge in [0.15, 0.2) is 0 Å². The smallest absolute Gasteiger partial charge is 0.326 e. The van der Waals surface area contributed by atoms with Crippen molar-refractivity contribution in [2.24, 2.45) is 0 Å². The molecule has 2 amide bonds. The van der Waals surface area contributed by atoms with Gasteiger partial charge < -0.3 is 9.64 Å². The van der Waals surface area contributed by atoms with Crippen LogP contribution in [0.4, 0.5) is 10.6 Å². The molecule has 3 heterocycles. The van der Waals surface area contributed by atoms with Crippen molar-refractivity contribution in [1.82, 2.24) is 20.1 Å². The molecule has 1 fully saturated rings. The lowest BCUT2D eigenvalue weighted by molar-refractivity contribution is 0.205. The van der Waals surface area contributed by atoms with Crippen LogP contribution in [0, 0.1) is 6.92 Å². The lowest BCUT2D eigenvalue weighted by Crippen LogP contribution is -2.34. The summed E-state index contributed by atoms with van der Waals surface area (Å²) in [5, 5.41) is 6.81. The number of H-pyrrole nitrogens is 1. The van der Waals surface area contributed by atoms with E-state index < -0.39 is 0 Å². The van der Waals surface area contributed by atoms with Crippen molar-refractivity contribution in [3.05, 3.63) is 60.0 Å². The van der Waals surface area contributed by atoms with Crippen LogP contribution in [0.1, 0.15) is 24.1 Å². The summed E-state index contributed by atoms with van der Waals surface area (Å²) in [5.41, 5.74) is 4.09. The molecule has 3 aromatic rings. The van der Waals surface area contributed by atoms with E-state index in [1.54, 1.807) is 24.4 Å². The lowest BCUT2D eigenvalue weighted by Gasteiger charge is -2.25. The van der Waals surface area contributed by atoms with Gasteiger partial charge in [-0.3, -0.25) is 10.00 Å². The third kappa shape index (κ3) is 3.19. The van der Waals surface area contributed by atoms with E-state index in [0.717, 1.165) is 28.0 Å². The average molecular weight is 377 g/mol. The molecule has 1 unspecified atom stereocenters. The number of pyridine rings is 1. The fraction of sp³-hybridized carbons (Fsp3) is 0.286. The van der Waals surface area contributed by atoms with Crippen molar-refractivity contribution < 1.29 is 9.53 Å². The summed E-state index contributed by atoms with van der Waals surface area (Å²) in [6.45, 7) is 5.33. The Bertz CT molecular complexity index is 986. The molecule has 0 aliphatic carbocycles. The molecule has 1 aliphatic heterocycles. The Balaban J connectivity index is 1.55. The van der Waals surface area contributed by atoms with Gasteiger partial charge in [0, 0.05) is 36.6 Å². The standard InChI is InChI=1S/C21H23N5O2/c1-14-9-20(22-13-19(14)17-11-23-24-12-17)26-8-7-25(21(26)27)15(2)16-5-4-6-18(10-16)28-3/h4-6,9-13,15H,7-8H2,1-3H3,(H,23,24). The number of aromatic nitrogens is 3. The predicted molar refractivity (Wildman–Crippen MR) is 107 cm³/mol. The van der Waals surface area contributed by atoms with Crippen molar-refractivity contribution in [1.29, 1.82) is 0 Å². The summed E-state index contributed by atoms with van der Waals surface area (Å²) in [5.74, 6) is 1.47. The average Bonchev–Trinajstić information content (AvgIpc) is 3.37. The first-order valence-electron chi connectivity index (χ1n) is 9.26. The summed E-state index contributed by atoms with van der Waals surface area (Å²) >= 11 is 0. The molecule has 2 aromatic heterocycles. The number of amides is 2. The van der Waals surface area contributed by atoms with E-state index in [1.165, 1.54) is 0 Å². The number of hydrogen-bond donors (Lipinski definition) is 1. The third-order valence-electron chi connectivity index (χ3n) is 5.27. The topological polar surface area (TPSA) is 74.3 Å². The molecule has 0 saturated carbocycles. The van der Waals surface area contributed by atoms with Gasteiger partial charge in [-0.2, -0.15) is 5.10 Å². The second kappa shape index (κ2) is 7.34. The van der Waals surface area contributed by atoms with Crippen LogP contribution in [0.25, 0.3) is 11.1 Å². The lowest BCUT2D eigenvalue weighted by atomic mass is 10.1. The van der Waals surface area contributed by atoms with Gasteiger partial charge in [0.25, 0.3) is 0 Å². The Morgan fingerprint density at radius 2 is 2.07 bits per heavy atom. The summed E-state index contributed by atoms with van der Waals surface area (Å²) in [7, 11) is 1.65. The van der Waals surface area contributed by atoms with Crippen LogP contribution in [0.15, 0.2) is 48.9 Å². The van der Waals surface area contributed by atoms with Crippen LogP contribution in [0.3, 0.4) is 0 Å². The molecule has 1 aromatic carbocycles. The van der Waals surface area contributed by atoms with Crippen LogP contribution >= 0.6 is 0 Å². The normalized spacial score (nSPS) is 15.2.